The number of benzene rings is 2. The van der Waals surface area contributed by atoms with Crippen molar-refractivity contribution in [2.24, 2.45) is 0 Å². The molecular formula is C21H18N2O5. The van der Waals surface area contributed by atoms with Gasteiger partial charge in [0, 0.05) is 18.7 Å². The molecule has 0 saturated heterocycles. The molecule has 0 bridgehead atoms. The summed E-state index contributed by atoms with van der Waals surface area (Å²) in [6, 6.07) is 13.3. The lowest BCUT2D eigenvalue weighted by atomic mass is 10.1. The smallest absolute Gasteiger partial charge is 0.330 e. The minimum Gasteiger partial charge on any atom is -0.461 e. The zero-order chi connectivity index (χ0) is 20.1. The van der Waals surface area contributed by atoms with Gasteiger partial charge in [-0.1, -0.05) is 24.3 Å². The molecule has 1 aliphatic rings. The van der Waals surface area contributed by atoms with E-state index in [1.165, 1.54) is 6.08 Å². The number of carbonyl (C=O) groups excluding carboxylic acids is 4. The van der Waals surface area contributed by atoms with Crippen molar-refractivity contribution in [3.05, 3.63) is 76.9 Å². The maximum atomic E-state index is 12.2. The summed E-state index contributed by atoms with van der Waals surface area (Å²) in [7, 11) is 1.55. The van der Waals surface area contributed by atoms with Gasteiger partial charge in [0.1, 0.15) is 6.61 Å². The molecule has 7 nitrogen and oxygen atoms in total. The van der Waals surface area contributed by atoms with E-state index in [1.807, 2.05) is 0 Å². The Labute approximate surface area is 161 Å². The lowest BCUT2D eigenvalue weighted by molar-refractivity contribution is -0.137. The normalized spacial score (nSPS) is 13.0. The van der Waals surface area contributed by atoms with Gasteiger partial charge in [-0.2, -0.15) is 0 Å². The van der Waals surface area contributed by atoms with Crippen molar-refractivity contribution >= 4 is 29.8 Å². The Hall–Kier alpha value is -3.74. The van der Waals surface area contributed by atoms with E-state index in [-0.39, 0.29) is 30.9 Å². The predicted octanol–water partition coefficient (Wildman–Crippen LogP) is 1.90. The Balaban J connectivity index is 1.50. The Morgan fingerprint density at radius 2 is 1.61 bits per heavy atom. The number of esters is 1. The summed E-state index contributed by atoms with van der Waals surface area (Å²) in [6.07, 6.45) is 2.80. The number of nitrogens with zero attached hydrogens (tertiary/aromatic N) is 1. The first-order valence-electron chi connectivity index (χ1n) is 8.63. The van der Waals surface area contributed by atoms with Crippen molar-refractivity contribution in [1.82, 2.24) is 10.2 Å². The van der Waals surface area contributed by atoms with Crippen LogP contribution in [0.3, 0.4) is 0 Å². The van der Waals surface area contributed by atoms with E-state index in [9.17, 15) is 19.2 Å². The molecule has 28 heavy (non-hydrogen) atoms. The molecule has 0 aromatic heterocycles. The topological polar surface area (TPSA) is 92.8 Å². The summed E-state index contributed by atoms with van der Waals surface area (Å²) in [5.41, 5.74) is 1.96. The molecule has 0 radical (unpaired) electrons. The molecule has 0 atom stereocenters. The molecule has 0 unspecified atom stereocenters. The first kappa shape index (κ1) is 19.0. The molecule has 3 amide bonds. The number of carbonyl (C=O) groups is 4. The highest BCUT2D eigenvalue weighted by atomic mass is 16.5. The molecule has 0 fully saturated rings. The van der Waals surface area contributed by atoms with Gasteiger partial charge in [-0.25, -0.2) is 4.79 Å². The Morgan fingerprint density at radius 1 is 1.00 bits per heavy atom. The Kier molecular flexibility index (Phi) is 5.64. The van der Waals surface area contributed by atoms with E-state index in [4.69, 9.17) is 4.74 Å². The monoisotopic (exact) mass is 378 g/mol. The SMILES string of the molecule is CNC(=O)c1ccc(/C=C/C(=O)OCCN2C(=O)c3ccccc3C2=O)cc1. The molecule has 2 aromatic rings. The summed E-state index contributed by atoms with van der Waals surface area (Å²) in [6.45, 7) is -0.100. The van der Waals surface area contributed by atoms with Crippen molar-refractivity contribution in [2.45, 2.75) is 0 Å². The quantitative estimate of drug-likeness (QED) is 0.471. The molecule has 7 heteroatoms. The molecule has 1 heterocycles. The van der Waals surface area contributed by atoms with Gasteiger partial charge in [-0.3, -0.25) is 19.3 Å². The van der Waals surface area contributed by atoms with E-state index in [0.717, 1.165) is 10.5 Å². The van der Waals surface area contributed by atoms with Gasteiger partial charge < -0.3 is 10.1 Å². The van der Waals surface area contributed by atoms with Crippen molar-refractivity contribution in [3.63, 3.8) is 0 Å². The summed E-state index contributed by atoms with van der Waals surface area (Å²) < 4.78 is 5.06. The second-order valence-electron chi connectivity index (χ2n) is 6.01. The van der Waals surface area contributed by atoms with Gasteiger partial charge in [0.15, 0.2) is 0 Å². The summed E-state index contributed by atoms with van der Waals surface area (Å²) in [4.78, 5) is 48.8. The van der Waals surface area contributed by atoms with Crippen LogP contribution in [0.1, 0.15) is 36.6 Å². The highest BCUT2D eigenvalue weighted by Crippen LogP contribution is 2.21. The van der Waals surface area contributed by atoms with Gasteiger partial charge in [-0.05, 0) is 35.9 Å². The van der Waals surface area contributed by atoms with Gasteiger partial charge in [0.05, 0.1) is 17.7 Å². The molecule has 1 aliphatic heterocycles. The largest absolute Gasteiger partial charge is 0.461 e. The summed E-state index contributed by atoms with van der Waals surface area (Å²) in [5, 5.41) is 2.53. The van der Waals surface area contributed by atoms with Crippen LogP contribution in [-0.2, 0) is 9.53 Å². The minimum atomic E-state index is -0.591. The van der Waals surface area contributed by atoms with Crippen molar-refractivity contribution < 1.29 is 23.9 Å². The van der Waals surface area contributed by atoms with Crippen LogP contribution in [0.5, 0.6) is 0 Å². The number of nitrogens with one attached hydrogen (secondary N) is 1. The van der Waals surface area contributed by atoms with Crippen LogP contribution in [0.25, 0.3) is 6.08 Å². The van der Waals surface area contributed by atoms with Crippen LogP contribution in [0.15, 0.2) is 54.6 Å². The summed E-state index contributed by atoms with van der Waals surface area (Å²) >= 11 is 0. The van der Waals surface area contributed by atoms with Crippen LogP contribution in [-0.4, -0.2) is 48.8 Å². The third-order valence-corrected chi connectivity index (χ3v) is 4.25. The summed E-state index contributed by atoms with van der Waals surface area (Å²) in [5.74, 6) is -1.55. The van der Waals surface area contributed by atoms with Gasteiger partial charge in [0.25, 0.3) is 17.7 Å². The van der Waals surface area contributed by atoms with Crippen LogP contribution < -0.4 is 5.32 Å². The lowest BCUT2D eigenvalue weighted by Crippen LogP contribution is -2.33. The molecule has 0 spiro atoms. The van der Waals surface area contributed by atoms with E-state index < -0.39 is 5.97 Å². The highest BCUT2D eigenvalue weighted by Gasteiger charge is 2.34. The second kappa shape index (κ2) is 8.30. The maximum Gasteiger partial charge on any atom is 0.330 e. The molecule has 0 saturated carbocycles. The number of ether oxygens (including phenoxy) is 1. The number of rotatable bonds is 6. The third-order valence-electron chi connectivity index (χ3n) is 4.25. The average Bonchev–Trinajstić information content (AvgIpc) is 2.97. The maximum absolute atomic E-state index is 12.2. The molecule has 2 aromatic carbocycles. The molecule has 1 N–H and O–H groups in total. The van der Waals surface area contributed by atoms with Crippen molar-refractivity contribution in [1.29, 1.82) is 0 Å². The van der Waals surface area contributed by atoms with Crippen LogP contribution >= 0.6 is 0 Å². The second-order valence-corrected chi connectivity index (χ2v) is 6.01. The molecule has 0 aliphatic carbocycles. The van der Waals surface area contributed by atoms with Gasteiger partial charge in [-0.15, -0.1) is 0 Å². The molecule has 3 rings (SSSR count). The Bertz CT molecular complexity index is 928. The van der Waals surface area contributed by atoms with E-state index in [1.54, 1.807) is 61.7 Å². The standard InChI is InChI=1S/C21H18N2O5/c1-22-19(25)15-9-6-14(7-10-15)8-11-18(24)28-13-12-23-20(26)16-4-2-3-5-17(16)21(23)27/h2-11H,12-13H2,1H3,(H,22,25)/b11-8+. The number of hydrogen-bond acceptors (Lipinski definition) is 5. The zero-order valence-corrected chi connectivity index (χ0v) is 15.2. The van der Waals surface area contributed by atoms with Crippen LogP contribution in [0.4, 0.5) is 0 Å². The van der Waals surface area contributed by atoms with Crippen molar-refractivity contribution in [2.75, 3.05) is 20.2 Å². The van der Waals surface area contributed by atoms with E-state index >= 15 is 0 Å². The number of imide groups is 1. The van der Waals surface area contributed by atoms with Gasteiger partial charge >= 0.3 is 5.97 Å². The van der Waals surface area contributed by atoms with Gasteiger partial charge in [0.2, 0.25) is 0 Å². The lowest BCUT2D eigenvalue weighted by Gasteiger charge is -2.13. The molecular weight excluding hydrogens is 360 g/mol. The Morgan fingerprint density at radius 3 is 2.18 bits per heavy atom. The zero-order valence-electron chi connectivity index (χ0n) is 15.2. The average molecular weight is 378 g/mol. The van der Waals surface area contributed by atoms with E-state index in [2.05, 4.69) is 5.32 Å². The highest BCUT2D eigenvalue weighted by molar-refractivity contribution is 6.21. The fraction of sp³-hybridized carbons (Fsp3) is 0.143. The first-order valence-corrected chi connectivity index (χ1v) is 8.63. The first-order chi connectivity index (χ1) is 13.5. The van der Waals surface area contributed by atoms with E-state index in [0.29, 0.717) is 16.7 Å². The number of fused-ring (bicyclic) bond motifs is 1. The van der Waals surface area contributed by atoms with Crippen LogP contribution in [0.2, 0.25) is 0 Å². The van der Waals surface area contributed by atoms with Crippen LogP contribution in [0, 0.1) is 0 Å². The number of hydrogen-bond donors (Lipinski definition) is 1. The fourth-order valence-electron chi connectivity index (χ4n) is 2.78. The predicted molar refractivity (Wildman–Crippen MR) is 102 cm³/mol. The fourth-order valence-corrected chi connectivity index (χ4v) is 2.78. The third kappa shape index (κ3) is 3.98. The number of amides is 3. The van der Waals surface area contributed by atoms with Crippen molar-refractivity contribution in [3.8, 4) is 0 Å². The minimum absolute atomic E-state index is 0.00719. The molecule has 142 valence electrons.